The molecule has 1 heterocycles. The molecule has 0 atom stereocenters. The Hall–Kier alpha value is -2.51. The molecule has 0 amide bonds. The number of hydrogen-bond acceptors (Lipinski definition) is 5. The topological polar surface area (TPSA) is 81.4 Å². The van der Waals surface area contributed by atoms with E-state index in [1.165, 1.54) is 30.5 Å². The number of hydrogen-bond donors (Lipinski definition) is 1. The highest BCUT2D eigenvalue weighted by Gasteiger charge is 2.20. The number of aromatic nitrogens is 1. The Kier molecular flexibility index (Phi) is 4.46. The van der Waals surface area contributed by atoms with E-state index in [1.807, 2.05) is 0 Å². The lowest BCUT2D eigenvalue weighted by Crippen LogP contribution is -2.12. The van der Waals surface area contributed by atoms with Crippen LogP contribution in [-0.2, 0) is 10.0 Å². The maximum Gasteiger partial charge on any atom is 0.264 e. The fraction of sp³-hybridized carbons (Fsp3) is 0.0625. The van der Waals surface area contributed by atoms with Crippen molar-refractivity contribution in [2.45, 2.75) is 4.90 Å². The number of halogens is 1. The molecular formula is C16H13ClN2O4S. The number of nitrogens with one attached hydrogen (secondary N) is 1. The molecule has 24 heavy (non-hydrogen) atoms. The van der Waals surface area contributed by atoms with E-state index in [1.54, 1.807) is 31.4 Å². The number of nitrogens with zero attached hydrogens (tertiary/aromatic N) is 1. The van der Waals surface area contributed by atoms with Gasteiger partial charge in [-0.25, -0.2) is 13.1 Å². The van der Waals surface area contributed by atoms with Crippen LogP contribution in [0.2, 0.25) is 5.02 Å². The van der Waals surface area contributed by atoms with Gasteiger partial charge in [0.15, 0.2) is 0 Å². The van der Waals surface area contributed by atoms with E-state index in [0.29, 0.717) is 16.3 Å². The van der Waals surface area contributed by atoms with Crippen molar-refractivity contribution in [2.24, 2.45) is 0 Å². The van der Waals surface area contributed by atoms with Gasteiger partial charge in [-0.1, -0.05) is 28.9 Å². The smallest absolute Gasteiger partial charge is 0.264 e. The summed E-state index contributed by atoms with van der Waals surface area (Å²) in [4.78, 5) is 0.0731. The van der Waals surface area contributed by atoms with Crippen molar-refractivity contribution in [1.82, 2.24) is 5.16 Å². The second-order valence-electron chi connectivity index (χ2n) is 4.86. The number of anilines is 1. The summed E-state index contributed by atoms with van der Waals surface area (Å²) in [5.41, 5.74) is 1.26. The minimum atomic E-state index is -3.81. The molecule has 1 aromatic heterocycles. The Morgan fingerprint density at radius 2 is 1.75 bits per heavy atom. The fourth-order valence-corrected chi connectivity index (χ4v) is 3.21. The highest BCUT2D eigenvalue weighted by atomic mass is 35.5. The molecule has 0 aliphatic carbocycles. The Bertz CT molecular complexity index is 935. The van der Waals surface area contributed by atoms with E-state index in [9.17, 15) is 8.42 Å². The lowest BCUT2D eigenvalue weighted by molar-refractivity contribution is 0.415. The predicted octanol–water partition coefficient (Wildman–Crippen LogP) is 3.80. The quantitative estimate of drug-likeness (QED) is 0.744. The van der Waals surface area contributed by atoms with E-state index in [0.717, 1.165) is 5.56 Å². The van der Waals surface area contributed by atoms with Gasteiger partial charge in [-0.2, -0.15) is 0 Å². The van der Waals surface area contributed by atoms with Crippen LogP contribution in [0, 0.1) is 0 Å². The lowest BCUT2D eigenvalue weighted by atomic mass is 10.1. The van der Waals surface area contributed by atoms with Crippen LogP contribution in [0.15, 0.2) is 64.1 Å². The summed E-state index contributed by atoms with van der Waals surface area (Å²) in [5, 5.41) is 4.13. The normalized spacial score (nSPS) is 11.2. The third-order valence-electron chi connectivity index (χ3n) is 3.32. The fourth-order valence-electron chi connectivity index (χ4n) is 2.08. The molecule has 1 N–H and O–H groups in total. The molecule has 8 heteroatoms. The van der Waals surface area contributed by atoms with Crippen LogP contribution in [0.4, 0.5) is 5.88 Å². The molecule has 0 aliphatic heterocycles. The zero-order valence-electron chi connectivity index (χ0n) is 12.6. The van der Waals surface area contributed by atoms with Crippen molar-refractivity contribution in [2.75, 3.05) is 11.8 Å². The van der Waals surface area contributed by atoms with E-state index in [4.69, 9.17) is 20.9 Å². The summed E-state index contributed by atoms with van der Waals surface area (Å²) in [6.45, 7) is 0. The average molecular weight is 365 g/mol. The van der Waals surface area contributed by atoms with Crippen molar-refractivity contribution in [3.05, 3.63) is 59.8 Å². The first kappa shape index (κ1) is 16.4. The molecule has 0 aliphatic rings. The van der Waals surface area contributed by atoms with Gasteiger partial charge in [0, 0.05) is 5.02 Å². The molecule has 0 fully saturated rings. The van der Waals surface area contributed by atoms with Gasteiger partial charge in [0.1, 0.15) is 5.75 Å². The summed E-state index contributed by atoms with van der Waals surface area (Å²) in [5.74, 6) is 0.730. The third kappa shape index (κ3) is 3.37. The third-order valence-corrected chi connectivity index (χ3v) is 4.92. The summed E-state index contributed by atoms with van der Waals surface area (Å²) >= 11 is 5.78. The average Bonchev–Trinajstić information content (AvgIpc) is 3.02. The van der Waals surface area contributed by atoms with Crippen molar-refractivity contribution in [3.8, 4) is 16.9 Å². The highest BCUT2D eigenvalue weighted by molar-refractivity contribution is 7.92. The number of methoxy groups -OCH3 is 1. The van der Waals surface area contributed by atoms with Crippen LogP contribution in [0.1, 0.15) is 0 Å². The van der Waals surface area contributed by atoms with E-state index >= 15 is 0 Å². The van der Waals surface area contributed by atoms with Gasteiger partial charge < -0.3 is 9.26 Å². The molecule has 0 radical (unpaired) electrons. The van der Waals surface area contributed by atoms with Crippen molar-refractivity contribution >= 4 is 27.5 Å². The monoisotopic (exact) mass is 364 g/mol. The van der Waals surface area contributed by atoms with Crippen molar-refractivity contribution < 1.29 is 17.7 Å². The van der Waals surface area contributed by atoms with Crippen LogP contribution < -0.4 is 9.46 Å². The largest absolute Gasteiger partial charge is 0.497 e. The molecular weight excluding hydrogens is 352 g/mol. The van der Waals surface area contributed by atoms with Gasteiger partial charge in [0.25, 0.3) is 10.0 Å². The molecule has 6 nitrogen and oxygen atoms in total. The number of ether oxygens (including phenoxy) is 1. The van der Waals surface area contributed by atoms with Gasteiger partial charge in [-0.3, -0.25) is 0 Å². The second kappa shape index (κ2) is 6.54. The standard InChI is InChI=1S/C16H13ClN2O4S/c1-22-13-6-2-11(3-7-13)15-10-18-23-16(15)19-24(20,21)14-8-4-12(17)5-9-14/h2-10,19H,1H3. The molecule has 0 saturated carbocycles. The van der Waals surface area contributed by atoms with Gasteiger partial charge >= 0.3 is 0 Å². The first-order valence-electron chi connectivity index (χ1n) is 6.87. The molecule has 3 rings (SSSR count). The number of sulfonamides is 1. The summed E-state index contributed by atoms with van der Waals surface area (Å²) in [7, 11) is -2.24. The van der Waals surface area contributed by atoms with Gasteiger partial charge in [0.2, 0.25) is 5.88 Å². The van der Waals surface area contributed by atoms with Crippen LogP contribution in [0.3, 0.4) is 0 Å². The maximum atomic E-state index is 12.4. The van der Waals surface area contributed by atoms with Gasteiger partial charge in [-0.15, -0.1) is 0 Å². The van der Waals surface area contributed by atoms with Crippen molar-refractivity contribution in [1.29, 1.82) is 0 Å². The SMILES string of the molecule is COc1ccc(-c2cnoc2NS(=O)(=O)c2ccc(Cl)cc2)cc1. The molecule has 0 spiro atoms. The minimum absolute atomic E-state index is 0.0371. The Morgan fingerprint density at radius 3 is 2.38 bits per heavy atom. The lowest BCUT2D eigenvalue weighted by Gasteiger charge is -2.07. The van der Waals surface area contributed by atoms with E-state index < -0.39 is 10.0 Å². The van der Waals surface area contributed by atoms with Crippen LogP contribution in [0.5, 0.6) is 5.75 Å². The van der Waals surface area contributed by atoms with Gasteiger partial charge in [0.05, 0.1) is 23.8 Å². The molecule has 2 aromatic carbocycles. The zero-order chi connectivity index (χ0) is 17.2. The molecule has 0 bridgehead atoms. The van der Waals surface area contributed by atoms with E-state index in [2.05, 4.69) is 9.88 Å². The minimum Gasteiger partial charge on any atom is -0.497 e. The van der Waals surface area contributed by atoms with Gasteiger partial charge in [-0.05, 0) is 42.0 Å². The first-order valence-corrected chi connectivity index (χ1v) is 8.73. The summed E-state index contributed by atoms with van der Waals surface area (Å²) < 4.78 is 37.4. The molecule has 0 saturated heterocycles. The highest BCUT2D eigenvalue weighted by Crippen LogP contribution is 2.30. The summed E-state index contributed by atoms with van der Waals surface area (Å²) in [6, 6.07) is 12.9. The molecule has 124 valence electrons. The Labute approximate surface area is 144 Å². The zero-order valence-corrected chi connectivity index (χ0v) is 14.1. The molecule has 0 unspecified atom stereocenters. The van der Waals surface area contributed by atoms with E-state index in [-0.39, 0.29) is 10.8 Å². The first-order chi connectivity index (χ1) is 11.5. The Balaban J connectivity index is 1.91. The van der Waals surface area contributed by atoms with Crippen LogP contribution in [0.25, 0.3) is 11.1 Å². The number of benzene rings is 2. The second-order valence-corrected chi connectivity index (χ2v) is 6.98. The maximum absolute atomic E-state index is 12.4. The Morgan fingerprint density at radius 1 is 1.08 bits per heavy atom. The molecule has 3 aromatic rings. The van der Waals surface area contributed by atoms with Crippen LogP contribution in [-0.4, -0.2) is 20.7 Å². The predicted molar refractivity (Wildman–Crippen MR) is 90.8 cm³/mol. The summed E-state index contributed by atoms with van der Waals surface area (Å²) in [6.07, 6.45) is 1.45. The van der Waals surface area contributed by atoms with Crippen molar-refractivity contribution in [3.63, 3.8) is 0 Å². The number of rotatable bonds is 5. The van der Waals surface area contributed by atoms with Crippen LogP contribution >= 0.6 is 11.6 Å².